The van der Waals surface area contributed by atoms with Crippen LogP contribution in [0.4, 0.5) is 0 Å². The molecule has 0 spiro atoms. The van der Waals surface area contributed by atoms with E-state index in [0.717, 1.165) is 23.5 Å². The van der Waals surface area contributed by atoms with Crippen LogP contribution in [-0.4, -0.2) is 24.3 Å². The Morgan fingerprint density at radius 3 is 2.38 bits per heavy atom. The average Bonchev–Trinajstić information content (AvgIpc) is 2.76. The number of ether oxygens (including phenoxy) is 1. The third-order valence-corrected chi connectivity index (χ3v) is 5.06. The Bertz CT molecular complexity index is 439. The molecule has 0 bridgehead atoms. The number of hydrogen-bond donors (Lipinski definition) is 1. The van der Waals surface area contributed by atoms with E-state index in [4.69, 9.17) is 4.74 Å². The van der Waals surface area contributed by atoms with Gasteiger partial charge in [0.05, 0.1) is 12.4 Å². The first-order chi connectivity index (χ1) is 10.2. The zero-order valence-corrected chi connectivity index (χ0v) is 13.7. The fourth-order valence-electron chi connectivity index (χ4n) is 2.65. The lowest BCUT2D eigenvalue weighted by Crippen LogP contribution is -2.39. The minimum Gasteiger partial charge on any atom is -0.497 e. The van der Waals surface area contributed by atoms with Crippen molar-refractivity contribution in [3.63, 3.8) is 0 Å². The highest BCUT2D eigenvalue weighted by Gasteiger charge is 2.19. The van der Waals surface area contributed by atoms with E-state index in [-0.39, 0.29) is 11.2 Å². The average molecular weight is 307 g/mol. The maximum absolute atomic E-state index is 12.3. The van der Waals surface area contributed by atoms with Crippen molar-refractivity contribution in [3.8, 4) is 5.75 Å². The van der Waals surface area contributed by atoms with Crippen LogP contribution in [0.3, 0.4) is 0 Å². The smallest absolute Gasteiger partial charge is 0.233 e. The van der Waals surface area contributed by atoms with Gasteiger partial charge in [-0.1, -0.05) is 25.7 Å². The molecule has 1 atom stereocenters. The molecule has 21 heavy (non-hydrogen) atoms. The summed E-state index contributed by atoms with van der Waals surface area (Å²) in [4.78, 5) is 13.4. The number of nitrogens with one attached hydrogen (secondary N) is 1. The van der Waals surface area contributed by atoms with E-state index in [9.17, 15) is 4.79 Å². The molecule has 0 aromatic heterocycles. The maximum Gasteiger partial charge on any atom is 0.233 e. The normalized spacial score (nSPS) is 17.8. The van der Waals surface area contributed by atoms with Crippen molar-refractivity contribution in [2.24, 2.45) is 0 Å². The van der Waals surface area contributed by atoms with Crippen LogP contribution in [0.1, 0.15) is 45.4 Å². The summed E-state index contributed by atoms with van der Waals surface area (Å²) >= 11 is 1.60. The van der Waals surface area contributed by atoms with Crippen LogP contribution in [0.5, 0.6) is 5.75 Å². The highest BCUT2D eigenvalue weighted by atomic mass is 32.2. The molecule has 1 unspecified atom stereocenters. The first kappa shape index (κ1) is 16.2. The lowest BCUT2D eigenvalue weighted by molar-refractivity contribution is -0.121. The van der Waals surface area contributed by atoms with Gasteiger partial charge in [0, 0.05) is 10.9 Å². The van der Waals surface area contributed by atoms with Crippen molar-refractivity contribution in [2.45, 2.75) is 61.6 Å². The van der Waals surface area contributed by atoms with Gasteiger partial charge in [0.15, 0.2) is 0 Å². The molecule has 1 aromatic rings. The van der Waals surface area contributed by atoms with Gasteiger partial charge in [0.2, 0.25) is 5.91 Å². The lowest BCUT2D eigenvalue weighted by Gasteiger charge is -2.19. The van der Waals surface area contributed by atoms with Gasteiger partial charge < -0.3 is 10.1 Å². The molecule has 0 heterocycles. The second-order valence-electron chi connectivity index (χ2n) is 5.63. The fourth-order valence-corrected chi connectivity index (χ4v) is 3.53. The summed E-state index contributed by atoms with van der Waals surface area (Å²) in [6.45, 7) is 1.97. The Balaban J connectivity index is 1.83. The highest BCUT2D eigenvalue weighted by molar-refractivity contribution is 8.00. The van der Waals surface area contributed by atoms with Gasteiger partial charge in [0.25, 0.3) is 0 Å². The Morgan fingerprint density at radius 1 is 1.19 bits per heavy atom. The monoisotopic (exact) mass is 307 g/mol. The van der Waals surface area contributed by atoms with Crippen molar-refractivity contribution in [2.75, 3.05) is 7.11 Å². The SMILES string of the molecule is COc1ccc(SC(C)C(=O)NC2CCCCCC2)cc1. The van der Waals surface area contributed by atoms with Gasteiger partial charge in [0.1, 0.15) is 5.75 Å². The van der Waals surface area contributed by atoms with Crippen molar-refractivity contribution in [3.05, 3.63) is 24.3 Å². The van der Waals surface area contributed by atoms with Gasteiger partial charge >= 0.3 is 0 Å². The molecule has 1 aliphatic rings. The van der Waals surface area contributed by atoms with Crippen LogP contribution in [0.2, 0.25) is 0 Å². The molecular weight excluding hydrogens is 282 g/mol. The Hall–Kier alpha value is -1.16. The van der Waals surface area contributed by atoms with Crippen LogP contribution < -0.4 is 10.1 Å². The van der Waals surface area contributed by atoms with Crippen molar-refractivity contribution in [1.29, 1.82) is 0 Å². The van der Waals surface area contributed by atoms with E-state index < -0.39 is 0 Å². The number of rotatable bonds is 5. The molecular formula is C17H25NO2S. The molecule has 4 heteroatoms. The van der Waals surface area contributed by atoms with Gasteiger partial charge in [-0.05, 0) is 44.0 Å². The minimum atomic E-state index is -0.0679. The summed E-state index contributed by atoms with van der Waals surface area (Å²) in [6.07, 6.45) is 7.36. The maximum atomic E-state index is 12.3. The van der Waals surface area contributed by atoms with E-state index in [1.165, 1.54) is 25.7 Å². The molecule has 116 valence electrons. The number of carbonyl (C=O) groups excluding carboxylic acids is 1. The molecule has 1 saturated carbocycles. The number of benzene rings is 1. The number of amides is 1. The molecule has 0 saturated heterocycles. The fraction of sp³-hybridized carbons (Fsp3) is 0.588. The molecule has 1 fully saturated rings. The molecule has 1 N–H and O–H groups in total. The number of carbonyl (C=O) groups is 1. The Morgan fingerprint density at radius 2 is 1.81 bits per heavy atom. The van der Waals surface area contributed by atoms with E-state index >= 15 is 0 Å². The predicted octanol–water partition coefficient (Wildman–Crippen LogP) is 4.01. The molecule has 2 rings (SSSR count). The minimum absolute atomic E-state index is 0.0679. The predicted molar refractivity (Wildman–Crippen MR) is 87.9 cm³/mol. The van der Waals surface area contributed by atoms with Crippen molar-refractivity contribution < 1.29 is 9.53 Å². The quantitative estimate of drug-likeness (QED) is 0.659. The molecule has 1 aromatic carbocycles. The highest BCUT2D eigenvalue weighted by Crippen LogP contribution is 2.26. The van der Waals surface area contributed by atoms with E-state index in [1.807, 2.05) is 31.2 Å². The van der Waals surface area contributed by atoms with E-state index in [2.05, 4.69) is 5.32 Å². The van der Waals surface area contributed by atoms with Crippen LogP contribution in [0, 0.1) is 0 Å². The summed E-state index contributed by atoms with van der Waals surface area (Å²) in [6, 6.07) is 8.23. The first-order valence-electron chi connectivity index (χ1n) is 7.80. The molecule has 1 aliphatic carbocycles. The van der Waals surface area contributed by atoms with Crippen LogP contribution in [0.25, 0.3) is 0 Å². The summed E-state index contributed by atoms with van der Waals surface area (Å²) in [5.41, 5.74) is 0. The van der Waals surface area contributed by atoms with Crippen molar-refractivity contribution in [1.82, 2.24) is 5.32 Å². The Kier molecular flexibility index (Phi) is 6.43. The van der Waals surface area contributed by atoms with Crippen molar-refractivity contribution >= 4 is 17.7 Å². The summed E-state index contributed by atoms with van der Waals surface area (Å²) in [7, 11) is 1.66. The van der Waals surface area contributed by atoms with E-state index in [1.54, 1.807) is 18.9 Å². The second-order valence-corrected chi connectivity index (χ2v) is 7.05. The second kappa shape index (κ2) is 8.32. The first-order valence-corrected chi connectivity index (χ1v) is 8.68. The molecule has 0 aliphatic heterocycles. The standard InChI is InChI=1S/C17H25NO2S/c1-13(21-16-11-9-15(20-2)10-12-16)17(19)18-14-7-5-3-4-6-8-14/h9-14H,3-8H2,1-2H3,(H,18,19). The number of thioether (sulfide) groups is 1. The van der Waals surface area contributed by atoms with Gasteiger partial charge in [-0.2, -0.15) is 0 Å². The van der Waals surface area contributed by atoms with Crippen LogP contribution >= 0.6 is 11.8 Å². The zero-order valence-electron chi connectivity index (χ0n) is 12.9. The summed E-state index contributed by atoms with van der Waals surface area (Å²) in [5.74, 6) is 0.998. The largest absolute Gasteiger partial charge is 0.497 e. The summed E-state index contributed by atoms with van der Waals surface area (Å²) < 4.78 is 5.15. The van der Waals surface area contributed by atoms with Gasteiger partial charge in [-0.3, -0.25) is 4.79 Å². The van der Waals surface area contributed by atoms with Gasteiger partial charge in [-0.15, -0.1) is 11.8 Å². The zero-order chi connectivity index (χ0) is 15.1. The number of methoxy groups -OCH3 is 1. The third-order valence-electron chi connectivity index (χ3n) is 3.94. The topological polar surface area (TPSA) is 38.3 Å². The molecule has 3 nitrogen and oxygen atoms in total. The Labute approximate surface area is 131 Å². The number of hydrogen-bond acceptors (Lipinski definition) is 3. The van der Waals surface area contributed by atoms with Gasteiger partial charge in [-0.25, -0.2) is 0 Å². The third kappa shape index (κ3) is 5.27. The summed E-state index contributed by atoms with van der Waals surface area (Å²) in [5, 5.41) is 3.15. The lowest BCUT2D eigenvalue weighted by atomic mass is 10.1. The van der Waals surface area contributed by atoms with Crippen LogP contribution in [0.15, 0.2) is 29.2 Å². The van der Waals surface area contributed by atoms with Crippen LogP contribution in [-0.2, 0) is 4.79 Å². The van der Waals surface area contributed by atoms with E-state index in [0.29, 0.717) is 6.04 Å². The molecule has 1 amide bonds. The molecule has 0 radical (unpaired) electrons.